The average molecular weight is 223 g/mol. The Hall–Kier alpha value is -1.21. The molecule has 0 saturated carbocycles. The van der Waals surface area contributed by atoms with Gasteiger partial charge in [-0.1, -0.05) is 19.3 Å². The second kappa shape index (κ2) is 6.39. The van der Waals surface area contributed by atoms with Crippen molar-refractivity contribution in [1.82, 2.24) is 10.2 Å². The Morgan fingerprint density at radius 2 is 2.25 bits per heavy atom. The summed E-state index contributed by atoms with van der Waals surface area (Å²) in [6.45, 7) is 3.59. The van der Waals surface area contributed by atoms with Crippen molar-refractivity contribution in [1.29, 1.82) is 0 Å². The normalized spacial score (nSPS) is 19.1. The molecule has 3 N–H and O–H groups in total. The fourth-order valence-corrected chi connectivity index (χ4v) is 2.05. The molecule has 0 aliphatic carbocycles. The highest BCUT2D eigenvalue weighted by Crippen LogP contribution is 2.11. The average Bonchev–Trinajstić information content (AvgIpc) is 2.29. The van der Waals surface area contributed by atoms with Crippen LogP contribution in [0.25, 0.3) is 0 Å². The van der Waals surface area contributed by atoms with Gasteiger partial charge in [-0.3, -0.25) is 0 Å². The van der Waals surface area contributed by atoms with Crippen LogP contribution >= 0.6 is 0 Å². The molecule has 0 aromatic rings. The lowest BCUT2D eigenvalue weighted by atomic mass is 10.0. The fraction of sp³-hybridized carbons (Fsp3) is 0.750. The van der Waals surface area contributed by atoms with E-state index in [9.17, 15) is 4.79 Å². The van der Waals surface area contributed by atoms with E-state index in [1.807, 2.05) is 0 Å². The number of terminal acetylenes is 1. The molecular weight excluding hydrogens is 202 g/mol. The zero-order valence-electron chi connectivity index (χ0n) is 9.91. The summed E-state index contributed by atoms with van der Waals surface area (Å²) in [6, 6.07) is 0.263. The number of nitrogens with zero attached hydrogens (tertiary/aromatic N) is 1. The third-order valence-corrected chi connectivity index (χ3v) is 3.02. The third-order valence-electron chi connectivity index (χ3n) is 3.02. The van der Waals surface area contributed by atoms with E-state index >= 15 is 0 Å². The van der Waals surface area contributed by atoms with Gasteiger partial charge in [0.15, 0.2) is 0 Å². The first-order valence-corrected chi connectivity index (χ1v) is 5.94. The molecule has 1 saturated heterocycles. The molecule has 90 valence electrons. The quantitative estimate of drug-likeness (QED) is 0.696. The Labute approximate surface area is 97.6 Å². The molecule has 1 heterocycles. The highest BCUT2D eigenvalue weighted by atomic mass is 16.2. The van der Waals surface area contributed by atoms with Crippen LogP contribution in [-0.2, 0) is 0 Å². The Morgan fingerprint density at radius 1 is 1.62 bits per heavy atom. The Morgan fingerprint density at radius 3 is 2.69 bits per heavy atom. The summed E-state index contributed by atoms with van der Waals surface area (Å²) in [5.41, 5.74) is 5.22. The summed E-state index contributed by atoms with van der Waals surface area (Å²) < 4.78 is 0. The first-order chi connectivity index (χ1) is 7.67. The van der Waals surface area contributed by atoms with Gasteiger partial charge in [0.1, 0.15) is 0 Å². The van der Waals surface area contributed by atoms with Crippen LogP contribution in [0.3, 0.4) is 0 Å². The highest BCUT2D eigenvalue weighted by molar-refractivity contribution is 5.72. The zero-order chi connectivity index (χ0) is 12.0. The van der Waals surface area contributed by atoms with Crippen LogP contribution in [0.1, 0.15) is 32.6 Å². The Balaban J connectivity index is 2.31. The second-order valence-electron chi connectivity index (χ2n) is 4.27. The lowest BCUT2D eigenvalue weighted by molar-refractivity contribution is 0.183. The molecule has 0 radical (unpaired) electrons. The molecule has 0 aromatic heterocycles. The molecule has 1 unspecified atom stereocenters. The molecule has 1 aliphatic rings. The van der Waals surface area contributed by atoms with Crippen LogP contribution in [0.2, 0.25) is 0 Å². The number of likely N-dealkylation sites (tertiary alicyclic amines) is 1. The van der Waals surface area contributed by atoms with Gasteiger partial charge in [-0.05, 0) is 19.3 Å². The van der Waals surface area contributed by atoms with E-state index in [2.05, 4.69) is 18.2 Å². The van der Waals surface area contributed by atoms with Crippen molar-refractivity contribution >= 4 is 6.03 Å². The maximum Gasteiger partial charge on any atom is 0.314 e. The molecule has 4 nitrogen and oxygen atoms in total. The first-order valence-electron chi connectivity index (χ1n) is 5.94. The van der Waals surface area contributed by atoms with Crippen molar-refractivity contribution in [2.75, 3.05) is 13.1 Å². The van der Waals surface area contributed by atoms with E-state index in [4.69, 9.17) is 12.2 Å². The monoisotopic (exact) mass is 223 g/mol. The van der Waals surface area contributed by atoms with Gasteiger partial charge in [-0.15, -0.1) is 6.42 Å². The number of primary amides is 1. The summed E-state index contributed by atoms with van der Waals surface area (Å²) in [4.78, 5) is 12.6. The molecule has 0 bridgehead atoms. The summed E-state index contributed by atoms with van der Waals surface area (Å²) in [7, 11) is 0. The third kappa shape index (κ3) is 3.74. The summed E-state index contributed by atoms with van der Waals surface area (Å²) in [5.74, 6) is 2.77. The second-order valence-corrected chi connectivity index (χ2v) is 4.27. The highest BCUT2D eigenvalue weighted by Gasteiger charge is 2.22. The minimum absolute atomic E-state index is 0.162. The molecule has 1 atom stereocenters. The van der Waals surface area contributed by atoms with Crippen molar-refractivity contribution in [3.05, 3.63) is 0 Å². The van der Waals surface area contributed by atoms with Crippen molar-refractivity contribution in [2.45, 2.75) is 44.7 Å². The maximum absolute atomic E-state index is 10.9. The number of hydrogen-bond acceptors (Lipinski definition) is 2. The number of hydrogen-bond donors (Lipinski definition) is 2. The van der Waals surface area contributed by atoms with Crippen molar-refractivity contribution in [2.24, 2.45) is 5.73 Å². The van der Waals surface area contributed by atoms with E-state index < -0.39 is 0 Å². The van der Waals surface area contributed by atoms with Gasteiger partial charge in [-0.2, -0.15) is 0 Å². The Kier molecular flexibility index (Phi) is 5.13. The fourth-order valence-electron chi connectivity index (χ4n) is 2.05. The number of amides is 2. The van der Waals surface area contributed by atoms with E-state index in [-0.39, 0.29) is 12.1 Å². The van der Waals surface area contributed by atoms with Crippen LogP contribution in [0.4, 0.5) is 4.79 Å². The smallest absolute Gasteiger partial charge is 0.314 e. The number of nitrogens with two attached hydrogens (primary N) is 1. The van der Waals surface area contributed by atoms with E-state index in [0.717, 1.165) is 38.8 Å². The minimum Gasteiger partial charge on any atom is -0.351 e. The lowest BCUT2D eigenvalue weighted by Gasteiger charge is -2.32. The molecule has 1 rings (SSSR count). The van der Waals surface area contributed by atoms with E-state index in [1.165, 1.54) is 0 Å². The number of carbonyl (C=O) groups is 1. The predicted octanol–water partition coefficient (Wildman–Crippen LogP) is 0.921. The standard InChI is InChI=1S/C12H21N3O/c1-3-5-10(4-2)14-11-6-8-15(9-7-11)12(13)16/h2,10-11,14H,3,5-9H2,1H3,(H2,13,16). The maximum atomic E-state index is 10.9. The number of urea groups is 1. The van der Waals surface area contributed by atoms with Gasteiger partial charge in [0.2, 0.25) is 0 Å². The van der Waals surface area contributed by atoms with E-state index in [0.29, 0.717) is 6.04 Å². The van der Waals surface area contributed by atoms with Gasteiger partial charge in [0, 0.05) is 19.1 Å². The first kappa shape index (κ1) is 12.9. The van der Waals surface area contributed by atoms with Crippen LogP contribution < -0.4 is 11.1 Å². The lowest BCUT2D eigenvalue weighted by Crippen LogP contribution is -2.48. The van der Waals surface area contributed by atoms with Crippen molar-refractivity contribution in [3.63, 3.8) is 0 Å². The molecule has 0 spiro atoms. The molecule has 1 aliphatic heterocycles. The molecule has 1 fully saturated rings. The molecule has 0 aromatic carbocycles. The van der Waals surface area contributed by atoms with Crippen LogP contribution in [0, 0.1) is 12.3 Å². The minimum atomic E-state index is -0.319. The largest absolute Gasteiger partial charge is 0.351 e. The van der Waals surface area contributed by atoms with Gasteiger partial charge in [-0.25, -0.2) is 4.79 Å². The summed E-state index contributed by atoms with van der Waals surface area (Å²) in [6.07, 6.45) is 9.42. The van der Waals surface area contributed by atoms with Gasteiger partial charge in [0.25, 0.3) is 0 Å². The number of carbonyl (C=O) groups excluding carboxylic acids is 1. The molecule has 16 heavy (non-hydrogen) atoms. The zero-order valence-corrected chi connectivity index (χ0v) is 9.91. The molecule has 2 amide bonds. The van der Waals surface area contributed by atoms with Crippen LogP contribution in [-0.4, -0.2) is 36.1 Å². The summed E-state index contributed by atoms with van der Waals surface area (Å²) in [5, 5.41) is 3.45. The number of piperidine rings is 1. The van der Waals surface area contributed by atoms with Crippen molar-refractivity contribution < 1.29 is 4.79 Å². The van der Waals surface area contributed by atoms with Gasteiger partial charge < -0.3 is 16.0 Å². The van der Waals surface area contributed by atoms with E-state index in [1.54, 1.807) is 4.90 Å². The van der Waals surface area contributed by atoms with Crippen LogP contribution in [0.15, 0.2) is 0 Å². The van der Waals surface area contributed by atoms with Crippen LogP contribution in [0.5, 0.6) is 0 Å². The van der Waals surface area contributed by atoms with Gasteiger partial charge in [0.05, 0.1) is 6.04 Å². The SMILES string of the molecule is C#CC(CCC)NC1CCN(C(N)=O)CC1. The number of rotatable bonds is 4. The summed E-state index contributed by atoms with van der Waals surface area (Å²) >= 11 is 0. The molecule has 4 heteroatoms. The Bertz CT molecular complexity index is 264. The molecular formula is C12H21N3O. The predicted molar refractivity (Wildman–Crippen MR) is 64.8 cm³/mol. The van der Waals surface area contributed by atoms with Crippen molar-refractivity contribution in [3.8, 4) is 12.3 Å². The topological polar surface area (TPSA) is 58.4 Å². The number of nitrogens with one attached hydrogen (secondary N) is 1. The van der Waals surface area contributed by atoms with Gasteiger partial charge >= 0.3 is 6.03 Å².